The van der Waals surface area contributed by atoms with Gasteiger partial charge in [-0.25, -0.2) is 8.60 Å². The number of benzene rings is 1. The molecule has 17 heavy (non-hydrogen) atoms. The van der Waals surface area contributed by atoms with Gasteiger partial charge in [-0.2, -0.15) is 4.40 Å². The first-order chi connectivity index (χ1) is 7.71. The quantitative estimate of drug-likeness (QED) is 0.761. The Bertz CT molecular complexity index is 480. The molecule has 94 valence electrons. The van der Waals surface area contributed by atoms with Crippen molar-refractivity contribution in [1.82, 2.24) is 0 Å². The van der Waals surface area contributed by atoms with Crippen LogP contribution < -0.4 is 0 Å². The van der Waals surface area contributed by atoms with Gasteiger partial charge in [0.05, 0.1) is 10.5 Å². The lowest BCUT2D eigenvalue weighted by molar-refractivity contribution is 0.624. The van der Waals surface area contributed by atoms with Gasteiger partial charge in [0.1, 0.15) is 16.8 Å². The molecule has 1 aromatic rings. The van der Waals surface area contributed by atoms with Gasteiger partial charge in [-0.3, -0.25) is 0 Å². The van der Waals surface area contributed by atoms with E-state index in [0.29, 0.717) is 15.7 Å². The molecule has 0 bridgehead atoms. The summed E-state index contributed by atoms with van der Waals surface area (Å²) in [5, 5.41) is 0. The Morgan fingerprint density at radius 2 is 2.00 bits per heavy atom. The predicted octanol–water partition coefficient (Wildman–Crippen LogP) is 3.86. The second-order valence-electron chi connectivity index (χ2n) is 4.66. The zero-order chi connectivity index (χ0) is 13.2. The molecule has 1 atom stereocenters. The van der Waals surface area contributed by atoms with Crippen LogP contribution in [0.4, 0.5) is 4.39 Å². The Morgan fingerprint density at radius 3 is 2.47 bits per heavy atom. The van der Waals surface area contributed by atoms with E-state index in [4.69, 9.17) is 0 Å². The molecular weight excluding hydrogens is 305 g/mol. The summed E-state index contributed by atoms with van der Waals surface area (Å²) < 4.78 is 29.7. The minimum atomic E-state index is -1.37. The smallest absolute Gasteiger partial charge is 0.145 e. The average Bonchev–Trinajstić information content (AvgIpc) is 2.15. The molecular formula is C12H15BrFNOS. The Kier molecular flexibility index (Phi) is 4.61. The predicted molar refractivity (Wildman–Crippen MR) is 74.2 cm³/mol. The maximum absolute atomic E-state index is 13.6. The normalized spacial score (nSPS) is 14.8. The Balaban J connectivity index is 3.09. The van der Waals surface area contributed by atoms with E-state index in [1.54, 1.807) is 19.1 Å². The number of hydrogen-bond acceptors (Lipinski definition) is 1. The van der Waals surface area contributed by atoms with E-state index in [1.807, 2.05) is 20.8 Å². The summed E-state index contributed by atoms with van der Waals surface area (Å²) in [6.45, 7) is 7.16. The Hall–Kier alpha value is -0.550. The molecule has 0 aliphatic heterocycles. The molecule has 0 N–H and O–H groups in total. The van der Waals surface area contributed by atoms with Gasteiger partial charge in [0.2, 0.25) is 0 Å². The molecule has 1 aromatic carbocycles. The summed E-state index contributed by atoms with van der Waals surface area (Å²) in [6.07, 6.45) is 0. The first kappa shape index (κ1) is 14.5. The molecule has 0 saturated heterocycles. The zero-order valence-electron chi connectivity index (χ0n) is 10.3. The fraction of sp³-hybridized carbons (Fsp3) is 0.417. The standard InChI is InChI=1S/C12H15BrFNOS/c1-8(15-17(16)12(2,3)4)10-6-5-9(13)7-11(10)14/h5-7H,1-4H3/t17-/m1/s1. The van der Waals surface area contributed by atoms with Gasteiger partial charge >= 0.3 is 0 Å². The van der Waals surface area contributed by atoms with Gasteiger partial charge in [0, 0.05) is 10.0 Å². The number of rotatable bonds is 2. The maximum Gasteiger partial charge on any atom is 0.145 e. The lowest BCUT2D eigenvalue weighted by atomic mass is 10.1. The molecule has 0 aliphatic carbocycles. The van der Waals surface area contributed by atoms with E-state index in [-0.39, 0.29) is 5.82 Å². The van der Waals surface area contributed by atoms with E-state index in [1.165, 1.54) is 6.07 Å². The molecule has 0 aromatic heterocycles. The fourth-order valence-corrected chi connectivity index (χ4v) is 2.05. The van der Waals surface area contributed by atoms with Crippen LogP contribution >= 0.6 is 15.9 Å². The highest BCUT2D eigenvalue weighted by Crippen LogP contribution is 2.18. The van der Waals surface area contributed by atoms with Gasteiger partial charge < -0.3 is 0 Å². The van der Waals surface area contributed by atoms with Gasteiger partial charge in [-0.15, -0.1) is 0 Å². The van der Waals surface area contributed by atoms with Crippen LogP contribution in [0.3, 0.4) is 0 Å². The van der Waals surface area contributed by atoms with Crippen molar-refractivity contribution < 1.29 is 8.60 Å². The van der Waals surface area contributed by atoms with Crippen molar-refractivity contribution in [1.29, 1.82) is 0 Å². The van der Waals surface area contributed by atoms with Crippen molar-refractivity contribution in [2.24, 2.45) is 4.40 Å². The van der Waals surface area contributed by atoms with Crippen LogP contribution in [0.5, 0.6) is 0 Å². The van der Waals surface area contributed by atoms with Crippen LogP contribution in [0.2, 0.25) is 0 Å². The number of nitrogens with zero attached hydrogens (tertiary/aromatic N) is 1. The van der Waals surface area contributed by atoms with E-state index >= 15 is 0 Å². The molecule has 1 rings (SSSR count). The summed E-state index contributed by atoms with van der Waals surface area (Å²) >= 11 is 3.19. The van der Waals surface area contributed by atoms with E-state index < -0.39 is 15.7 Å². The van der Waals surface area contributed by atoms with Crippen molar-refractivity contribution in [3.63, 3.8) is 0 Å². The maximum atomic E-state index is 13.6. The zero-order valence-corrected chi connectivity index (χ0v) is 12.7. The summed E-state index contributed by atoms with van der Waals surface area (Å²) in [5.41, 5.74) is 0.828. The molecule has 0 fully saturated rings. The molecule has 0 unspecified atom stereocenters. The first-order valence-electron chi connectivity index (χ1n) is 5.14. The van der Waals surface area contributed by atoms with Crippen LogP contribution in [0.1, 0.15) is 33.3 Å². The molecule has 0 amide bonds. The second kappa shape index (κ2) is 5.40. The topological polar surface area (TPSA) is 29.4 Å². The third-order valence-corrected chi connectivity index (χ3v) is 4.05. The van der Waals surface area contributed by atoms with Crippen molar-refractivity contribution in [2.75, 3.05) is 0 Å². The minimum Gasteiger partial charge on any atom is -0.234 e. The van der Waals surface area contributed by atoms with Gasteiger partial charge in [0.25, 0.3) is 0 Å². The fourth-order valence-electron chi connectivity index (χ4n) is 1.09. The SMILES string of the molecule is CC(=N[S@](=O)C(C)(C)C)c1ccc(Br)cc1F. The van der Waals surface area contributed by atoms with Crippen LogP contribution in [0.15, 0.2) is 27.1 Å². The van der Waals surface area contributed by atoms with Crippen LogP contribution in [0.25, 0.3) is 0 Å². The van der Waals surface area contributed by atoms with Crippen LogP contribution in [0, 0.1) is 5.82 Å². The van der Waals surface area contributed by atoms with Crippen LogP contribution in [-0.4, -0.2) is 14.7 Å². The lowest BCUT2D eigenvalue weighted by Gasteiger charge is -2.14. The van der Waals surface area contributed by atoms with Crippen molar-refractivity contribution in [3.8, 4) is 0 Å². The number of halogens is 2. The minimum absolute atomic E-state index is 0.369. The lowest BCUT2D eigenvalue weighted by Crippen LogP contribution is -2.20. The van der Waals surface area contributed by atoms with E-state index in [2.05, 4.69) is 20.3 Å². The molecule has 5 heteroatoms. The van der Waals surface area contributed by atoms with E-state index in [9.17, 15) is 8.60 Å². The molecule has 2 nitrogen and oxygen atoms in total. The highest BCUT2D eigenvalue weighted by atomic mass is 79.9. The molecule has 0 radical (unpaired) electrons. The second-order valence-corrected chi connectivity index (χ2v) is 7.48. The largest absolute Gasteiger partial charge is 0.234 e. The van der Waals surface area contributed by atoms with Crippen LogP contribution in [-0.2, 0) is 11.0 Å². The number of hydrogen-bond donors (Lipinski definition) is 0. The van der Waals surface area contributed by atoms with Crippen molar-refractivity contribution in [2.45, 2.75) is 32.4 Å². The highest BCUT2D eigenvalue weighted by Gasteiger charge is 2.19. The van der Waals surface area contributed by atoms with Gasteiger partial charge in [-0.05, 0) is 45.9 Å². The molecule has 0 aliphatic rings. The molecule has 0 saturated carbocycles. The summed E-state index contributed by atoms with van der Waals surface area (Å²) in [7, 11) is -1.37. The van der Waals surface area contributed by atoms with Crippen molar-refractivity contribution >= 4 is 32.6 Å². The van der Waals surface area contributed by atoms with Crippen molar-refractivity contribution in [3.05, 3.63) is 34.1 Å². The van der Waals surface area contributed by atoms with E-state index in [0.717, 1.165) is 0 Å². The monoisotopic (exact) mass is 319 g/mol. The van der Waals surface area contributed by atoms with Gasteiger partial charge in [0.15, 0.2) is 0 Å². The third kappa shape index (κ3) is 4.00. The first-order valence-corrected chi connectivity index (χ1v) is 7.04. The molecule has 0 spiro atoms. The molecule has 0 heterocycles. The Morgan fingerprint density at radius 1 is 1.41 bits per heavy atom. The summed E-state index contributed by atoms with van der Waals surface area (Å²) in [4.78, 5) is 0. The van der Waals surface area contributed by atoms with Gasteiger partial charge in [-0.1, -0.05) is 15.9 Å². The summed E-state index contributed by atoms with van der Waals surface area (Å²) in [5.74, 6) is -0.369. The summed E-state index contributed by atoms with van der Waals surface area (Å²) in [6, 6.07) is 4.73. The highest BCUT2D eigenvalue weighted by molar-refractivity contribution is 9.10. The average molecular weight is 320 g/mol. The third-order valence-electron chi connectivity index (χ3n) is 2.06. The Labute approximate surface area is 112 Å².